The van der Waals surface area contributed by atoms with Crippen molar-refractivity contribution in [1.82, 2.24) is 0 Å². The van der Waals surface area contributed by atoms with E-state index >= 15 is 0 Å². The summed E-state index contributed by atoms with van der Waals surface area (Å²) < 4.78 is 10.00. The highest BCUT2D eigenvalue weighted by molar-refractivity contribution is 6.10. The highest BCUT2D eigenvalue weighted by Gasteiger charge is 2.06. The molecule has 3 N–H and O–H groups in total. The molecule has 0 spiro atoms. The van der Waals surface area contributed by atoms with Gasteiger partial charge in [0, 0.05) is 6.61 Å². The molecule has 0 aliphatic rings. The fourth-order valence-electron chi connectivity index (χ4n) is 2.26. The zero-order valence-electron chi connectivity index (χ0n) is 17.2. The minimum absolute atomic E-state index is 0.00662. The lowest BCUT2D eigenvalue weighted by Gasteiger charge is -2.03. The summed E-state index contributed by atoms with van der Waals surface area (Å²) in [6.45, 7) is 1.93. The van der Waals surface area contributed by atoms with Crippen LogP contribution in [0.2, 0.25) is 0 Å². The maximum atomic E-state index is 11.9. The third-order valence-corrected chi connectivity index (χ3v) is 3.68. The molecule has 0 unspecified atom stereocenters. The van der Waals surface area contributed by atoms with Crippen LogP contribution in [0.15, 0.2) is 48.6 Å². The van der Waals surface area contributed by atoms with E-state index in [-0.39, 0.29) is 36.1 Å². The molecule has 0 bridgehead atoms. The van der Waals surface area contributed by atoms with Crippen LogP contribution in [0.5, 0.6) is 23.0 Å². The number of hydrogen-bond donors (Lipinski definition) is 3. The molecule has 2 aromatic carbocycles. The number of ketones is 2. The van der Waals surface area contributed by atoms with Gasteiger partial charge in [0.05, 0.1) is 20.6 Å². The SMILES string of the molecule is CCO.COc1cc(C=CC(=O)CC(=O)C=Cc2ccc(O)c(OC)c2)ccc1O. The summed E-state index contributed by atoms with van der Waals surface area (Å²) in [4.78, 5) is 23.9. The Balaban J connectivity index is 0.00000141. The van der Waals surface area contributed by atoms with Gasteiger partial charge in [0.25, 0.3) is 0 Å². The van der Waals surface area contributed by atoms with E-state index in [2.05, 4.69) is 0 Å². The van der Waals surface area contributed by atoms with E-state index in [0.29, 0.717) is 22.6 Å². The summed E-state index contributed by atoms with van der Waals surface area (Å²) >= 11 is 0. The molecular weight excluding hydrogens is 388 g/mol. The minimum atomic E-state index is -0.347. The zero-order valence-corrected chi connectivity index (χ0v) is 17.2. The fraction of sp³-hybridized carbons (Fsp3) is 0.217. The van der Waals surface area contributed by atoms with Gasteiger partial charge in [-0.3, -0.25) is 9.59 Å². The van der Waals surface area contributed by atoms with Crippen molar-refractivity contribution in [2.45, 2.75) is 13.3 Å². The summed E-state index contributed by atoms with van der Waals surface area (Å²) in [6, 6.07) is 9.34. The average Bonchev–Trinajstić information content (AvgIpc) is 2.73. The molecule has 0 saturated carbocycles. The number of methoxy groups -OCH3 is 2. The number of rotatable bonds is 8. The van der Waals surface area contributed by atoms with Gasteiger partial charge in [0.15, 0.2) is 34.6 Å². The van der Waals surface area contributed by atoms with Gasteiger partial charge in [-0.1, -0.05) is 24.3 Å². The Hall–Kier alpha value is -3.58. The number of allylic oxidation sites excluding steroid dienone is 2. The molecule has 7 heteroatoms. The van der Waals surface area contributed by atoms with Crippen LogP contribution in [0.25, 0.3) is 12.2 Å². The first-order chi connectivity index (χ1) is 14.3. The van der Waals surface area contributed by atoms with Crippen LogP contribution in [0.1, 0.15) is 24.5 Å². The van der Waals surface area contributed by atoms with Crippen LogP contribution in [0.4, 0.5) is 0 Å². The number of benzene rings is 2. The number of aliphatic hydroxyl groups is 1. The molecule has 0 atom stereocenters. The number of phenolic OH excluding ortho intramolecular Hbond substituents is 2. The first-order valence-corrected chi connectivity index (χ1v) is 9.11. The quantitative estimate of drug-likeness (QED) is 0.448. The van der Waals surface area contributed by atoms with E-state index in [1.165, 1.54) is 38.5 Å². The first kappa shape index (κ1) is 24.5. The van der Waals surface area contributed by atoms with Crippen molar-refractivity contribution in [2.24, 2.45) is 0 Å². The lowest BCUT2D eigenvalue weighted by atomic mass is 10.1. The number of aliphatic hydroxyl groups excluding tert-OH is 1. The Morgan fingerprint density at radius 3 is 1.53 bits per heavy atom. The molecule has 0 fully saturated rings. The van der Waals surface area contributed by atoms with Crippen LogP contribution < -0.4 is 9.47 Å². The highest BCUT2D eigenvalue weighted by Crippen LogP contribution is 2.27. The second-order valence-electron chi connectivity index (χ2n) is 5.95. The van der Waals surface area contributed by atoms with E-state index in [4.69, 9.17) is 14.6 Å². The fourth-order valence-corrected chi connectivity index (χ4v) is 2.26. The molecule has 2 aromatic rings. The number of phenols is 2. The Labute approximate surface area is 175 Å². The minimum Gasteiger partial charge on any atom is -0.504 e. The molecule has 0 saturated heterocycles. The maximum Gasteiger partial charge on any atom is 0.163 e. The molecule has 7 nitrogen and oxygen atoms in total. The molecule has 0 radical (unpaired) electrons. The van der Waals surface area contributed by atoms with E-state index in [1.807, 2.05) is 0 Å². The predicted molar refractivity (Wildman–Crippen MR) is 115 cm³/mol. The lowest BCUT2D eigenvalue weighted by molar-refractivity contribution is -0.121. The molecule has 0 amide bonds. The van der Waals surface area contributed by atoms with Gasteiger partial charge in [0.2, 0.25) is 0 Å². The van der Waals surface area contributed by atoms with Gasteiger partial charge in [-0.2, -0.15) is 0 Å². The Morgan fingerprint density at radius 1 is 0.833 bits per heavy atom. The van der Waals surface area contributed by atoms with Crippen molar-refractivity contribution in [2.75, 3.05) is 20.8 Å². The molecule has 2 rings (SSSR count). The topological polar surface area (TPSA) is 113 Å². The molecular formula is C23H26O7. The van der Waals surface area contributed by atoms with Crippen molar-refractivity contribution in [1.29, 1.82) is 0 Å². The smallest absolute Gasteiger partial charge is 0.163 e. The molecule has 0 aliphatic carbocycles. The molecule has 30 heavy (non-hydrogen) atoms. The number of carbonyl (C=O) groups is 2. The third kappa shape index (κ3) is 8.20. The van der Waals surface area contributed by atoms with Gasteiger partial charge in [-0.05, 0) is 54.5 Å². The van der Waals surface area contributed by atoms with E-state index < -0.39 is 0 Å². The molecule has 0 aliphatic heterocycles. The normalized spacial score (nSPS) is 10.5. The Bertz CT molecular complexity index is 840. The van der Waals surface area contributed by atoms with Crippen LogP contribution in [-0.2, 0) is 9.59 Å². The van der Waals surface area contributed by atoms with E-state index in [1.54, 1.807) is 43.3 Å². The second-order valence-corrected chi connectivity index (χ2v) is 5.95. The van der Waals surface area contributed by atoms with Crippen molar-refractivity contribution in [3.63, 3.8) is 0 Å². The summed E-state index contributed by atoms with van der Waals surface area (Å²) in [7, 11) is 2.87. The maximum absolute atomic E-state index is 11.9. The number of hydrogen-bond acceptors (Lipinski definition) is 7. The average molecular weight is 414 g/mol. The highest BCUT2D eigenvalue weighted by atomic mass is 16.5. The second kappa shape index (κ2) is 12.8. The monoisotopic (exact) mass is 414 g/mol. The summed E-state index contributed by atoms with van der Waals surface area (Å²) in [6.07, 6.45) is 5.44. The predicted octanol–water partition coefficient (Wildman–Crippen LogP) is 3.37. The van der Waals surface area contributed by atoms with Crippen LogP contribution in [0, 0.1) is 0 Å². The van der Waals surface area contributed by atoms with Crippen LogP contribution in [0.3, 0.4) is 0 Å². The number of ether oxygens (including phenoxy) is 2. The van der Waals surface area contributed by atoms with Gasteiger partial charge >= 0.3 is 0 Å². The molecule has 160 valence electrons. The lowest BCUT2D eigenvalue weighted by Crippen LogP contribution is -2.01. The molecule has 0 aromatic heterocycles. The molecule has 0 heterocycles. The van der Waals surface area contributed by atoms with Gasteiger partial charge in [0.1, 0.15) is 0 Å². The standard InChI is InChI=1S/C21H20O6.C2H6O/c1-26-20-11-14(5-9-18(20)24)3-7-16(22)13-17(23)8-4-15-6-10-19(25)21(12-15)27-2;1-2-3/h3-12,24-25H,13H2,1-2H3;3H,2H2,1H3. The van der Waals surface area contributed by atoms with Crippen LogP contribution >= 0.6 is 0 Å². The Kier molecular flexibility index (Phi) is 10.4. The zero-order chi connectivity index (χ0) is 22.5. The first-order valence-electron chi connectivity index (χ1n) is 9.11. The summed E-state index contributed by atoms with van der Waals surface area (Å²) in [5.41, 5.74) is 1.33. The Morgan fingerprint density at radius 2 is 1.20 bits per heavy atom. The number of carbonyl (C=O) groups excluding carboxylic acids is 2. The summed E-state index contributed by atoms with van der Waals surface area (Å²) in [5.74, 6) is -0.0832. The van der Waals surface area contributed by atoms with Crippen molar-refractivity contribution < 1.29 is 34.4 Å². The third-order valence-electron chi connectivity index (χ3n) is 3.68. The number of aromatic hydroxyl groups is 2. The van der Waals surface area contributed by atoms with Gasteiger partial charge < -0.3 is 24.8 Å². The van der Waals surface area contributed by atoms with E-state index in [0.717, 1.165) is 0 Å². The summed E-state index contributed by atoms with van der Waals surface area (Å²) in [5, 5.41) is 26.7. The van der Waals surface area contributed by atoms with Crippen molar-refractivity contribution in [3.8, 4) is 23.0 Å². The van der Waals surface area contributed by atoms with Crippen molar-refractivity contribution in [3.05, 3.63) is 59.7 Å². The largest absolute Gasteiger partial charge is 0.504 e. The van der Waals surface area contributed by atoms with Gasteiger partial charge in [-0.15, -0.1) is 0 Å². The van der Waals surface area contributed by atoms with Gasteiger partial charge in [-0.25, -0.2) is 0 Å². The van der Waals surface area contributed by atoms with Crippen LogP contribution in [-0.4, -0.2) is 47.7 Å². The van der Waals surface area contributed by atoms with Crippen molar-refractivity contribution >= 4 is 23.7 Å². The van der Waals surface area contributed by atoms with E-state index in [9.17, 15) is 19.8 Å².